The normalized spacial score (nSPS) is 17.4. The van der Waals surface area contributed by atoms with E-state index in [4.69, 9.17) is 0 Å². The maximum atomic E-state index is 10.2. The van der Waals surface area contributed by atoms with Gasteiger partial charge in [-0.05, 0) is 30.4 Å². The van der Waals surface area contributed by atoms with Gasteiger partial charge in [0.25, 0.3) is 0 Å². The van der Waals surface area contributed by atoms with E-state index in [-0.39, 0.29) is 0 Å². The minimum Gasteiger partial charge on any atom is -0.390 e. The van der Waals surface area contributed by atoms with Gasteiger partial charge in [0.05, 0.1) is 5.60 Å². The van der Waals surface area contributed by atoms with Crippen molar-refractivity contribution in [1.29, 1.82) is 0 Å². The topological polar surface area (TPSA) is 37.3 Å². The maximum absolute atomic E-state index is 10.2. The van der Waals surface area contributed by atoms with E-state index < -0.39 is 5.60 Å². The van der Waals surface area contributed by atoms with E-state index in [9.17, 15) is 9.90 Å². The van der Waals surface area contributed by atoms with Crippen LogP contribution in [0.4, 0.5) is 0 Å². The highest BCUT2D eigenvalue weighted by molar-refractivity contribution is 5.50. The minimum absolute atomic E-state index is 0.412. The molecule has 0 aromatic heterocycles. The molecule has 0 aliphatic heterocycles. The van der Waals surface area contributed by atoms with Crippen molar-refractivity contribution in [3.05, 3.63) is 35.4 Å². The van der Waals surface area contributed by atoms with Gasteiger partial charge < -0.3 is 9.90 Å². The Labute approximate surface area is 89.9 Å². The summed E-state index contributed by atoms with van der Waals surface area (Å²) in [6.07, 6.45) is 4.97. The van der Waals surface area contributed by atoms with Gasteiger partial charge in [0.2, 0.25) is 0 Å². The number of carbonyl (C=O) groups is 1. The van der Waals surface area contributed by atoms with Gasteiger partial charge in [-0.1, -0.05) is 24.3 Å². The molecule has 1 fully saturated rings. The number of hydrogen-bond donors (Lipinski definition) is 1. The third-order valence-corrected chi connectivity index (χ3v) is 2.93. The summed E-state index contributed by atoms with van der Waals surface area (Å²) >= 11 is 0. The first-order valence-corrected chi connectivity index (χ1v) is 5.46. The molecule has 1 aromatic carbocycles. The molecular formula is C13H16O2. The summed E-state index contributed by atoms with van der Waals surface area (Å²) in [7, 11) is 0. The fourth-order valence-electron chi connectivity index (χ4n) is 1.75. The Morgan fingerprint density at radius 2 is 1.80 bits per heavy atom. The van der Waals surface area contributed by atoms with E-state index in [0.717, 1.165) is 32.0 Å². The summed E-state index contributed by atoms with van der Waals surface area (Å²) < 4.78 is 0. The number of carbonyl (C=O) groups excluding carboxylic acids is 1. The van der Waals surface area contributed by atoms with E-state index in [0.29, 0.717) is 6.42 Å². The highest BCUT2D eigenvalue weighted by Crippen LogP contribution is 2.38. The minimum atomic E-state index is -0.412. The molecule has 0 unspecified atom stereocenters. The summed E-state index contributed by atoms with van der Waals surface area (Å²) in [5, 5.41) is 9.75. The first kappa shape index (κ1) is 10.4. The number of hydrogen-bond acceptors (Lipinski definition) is 2. The van der Waals surface area contributed by atoms with Crippen LogP contribution >= 0.6 is 0 Å². The van der Waals surface area contributed by atoms with Crippen LogP contribution in [0.2, 0.25) is 0 Å². The first-order valence-electron chi connectivity index (χ1n) is 5.46. The molecule has 15 heavy (non-hydrogen) atoms. The lowest BCUT2D eigenvalue weighted by Crippen LogP contribution is -2.10. The van der Waals surface area contributed by atoms with Crippen LogP contribution in [0.1, 0.15) is 30.4 Å². The fourth-order valence-corrected chi connectivity index (χ4v) is 1.75. The Hall–Kier alpha value is -1.15. The van der Waals surface area contributed by atoms with Crippen LogP contribution in [0.3, 0.4) is 0 Å². The summed E-state index contributed by atoms with van der Waals surface area (Å²) in [4.78, 5) is 10.2. The van der Waals surface area contributed by atoms with Gasteiger partial charge in [-0.25, -0.2) is 0 Å². The molecule has 2 rings (SSSR count). The summed E-state index contributed by atoms with van der Waals surface area (Å²) in [5.74, 6) is 0. The van der Waals surface area contributed by atoms with Gasteiger partial charge in [-0.15, -0.1) is 0 Å². The molecule has 2 heteroatoms. The van der Waals surface area contributed by atoms with Crippen molar-refractivity contribution in [3.63, 3.8) is 0 Å². The lowest BCUT2D eigenvalue weighted by atomic mass is 10.0. The molecule has 1 aliphatic rings. The van der Waals surface area contributed by atoms with Gasteiger partial charge >= 0.3 is 0 Å². The number of aliphatic hydroxyl groups is 1. The summed E-state index contributed by atoms with van der Waals surface area (Å²) in [5.41, 5.74) is 1.96. The predicted molar refractivity (Wildman–Crippen MR) is 58.7 cm³/mol. The van der Waals surface area contributed by atoms with Crippen molar-refractivity contribution in [2.24, 2.45) is 0 Å². The lowest BCUT2D eigenvalue weighted by Gasteiger charge is -2.07. The molecule has 1 aliphatic carbocycles. The van der Waals surface area contributed by atoms with Crippen molar-refractivity contribution in [2.45, 2.75) is 37.7 Å². The van der Waals surface area contributed by atoms with E-state index in [1.165, 1.54) is 11.1 Å². The number of benzene rings is 1. The third-order valence-electron chi connectivity index (χ3n) is 2.93. The Balaban J connectivity index is 1.94. The second-order valence-electron chi connectivity index (χ2n) is 4.42. The Morgan fingerprint density at radius 3 is 2.33 bits per heavy atom. The molecule has 0 bridgehead atoms. The molecule has 1 N–H and O–H groups in total. The molecule has 0 radical (unpaired) electrons. The van der Waals surface area contributed by atoms with Crippen molar-refractivity contribution >= 4 is 6.29 Å². The van der Waals surface area contributed by atoms with Gasteiger partial charge in [-0.2, -0.15) is 0 Å². The van der Waals surface area contributed by atoms with Gasteiger partial charge in [0.15, 0.2) is 0 Å². The second kappa shape index (κ2) is 4.15. The van der Waals surface area contributed by atoms with Crippen LogP contribution in [-0.4, -0.2) is 17.0 Å². The SMILES string of the molecule is O=CCCc1ccc(CC2(O)CC2)cc1. The van der Waals surface area contributed by atoms with Gasteiger partial charge in [-0.3, -0.25) is 0 Å². The zero-order valence-corrected chi connectivity index (χ0v) is 8.78. The highest BCUT2D eigenvalue weighted by atomic mass is 16.3. The zero-order valence-electron chi connectivity index (χ0n) is 8.78. The van der Waals surface area contributed by atoms with Gasteiger partial charge in [0.1, 0.15) is 6.29 Å². The average Bonchev–Trinajstić information content (AvgIpc) is 2.95. The predicted octanol–water partition coefficient (Wildman–Crippen LogP) is 1.89. The molecule has 2 nitrogen and oxygen atoms in total. The summed E-state index contributed by atoms with van der Waals surface area (Å²) in [6, 6.07) is 8.20. The highest BCUT2D eigenvalue weighted by Gasteiger charge is 2.39. The fraction of sp³-hybridized carbons (Fsp3) is 0.462. The molecule has 0 spiro atoms. The Kier molecular flexibility index (Phi) is 2.87. The average molecular weight is 204 g/mol. The standard InChI is InChI=1S/C13H16O2/c14-9-1-2-11-3-5-12(6-4-11)10-13(15)7-8-13/h3-6,9,15H,1-2,7-8,10H2. The number of rotatable bonds is 5. The van der Waals surface area contributed by atoms with E-state index >= 15 is 0 Å². The van der Waals surface area contributed by atoms with Crippen molar-refractivity contribution in [2.75, 3.05) is 0 Å². The molecular weight excluding hydrogens is 188 g/mol. The van der Waals surface area contributed by atoms with Crippen LogP contribution in [0.5, 0.6) is 0 Å². The Morgan fingerprint density at radius 1 is 1.20 bits per heavy atom. The zero-order chi connectivity index (χ0) is 10.7. The smallest absolute Gasteiger partial charge is 0.120 e. The van der Waals surface area contributed by atoms with Crippen molar-refractivity contribution in [3.8, 4) is 0 Å². The summed E-state index contributed by atoms with van der Waals surface area (Å²) in [6.45, 7) is 0. The van der Waals surface area contributed by atoms with Crippen LogP contribution in [0.15, 0.2) is 24.3 Å². The third kappa shape index (κ3) is 2.90. The quantitative estimate of drug-likeness (QED) is 0.744. The first-order chi connectivity index (χ1) is 7.22. The van der Waals surface area contributed by atoms with Crippen molar-refractivity contribution in [1.82, 2.24) is 0 Å². The molecule has 0 heterocycles. The molecule has 0 saturated heterocycles. The molecule has 1 aromatic rings. The molecule has 1 saturated carbocycles. The molecule has 80 valence electrons. The van der Waals surface area contributed by atoms with Crippen LogP contribution in [0, 0.1) is 0 Å². The maximum Gasteiger partial charge on any atom is 0.120 e. The van der Waals surface area contributed by atoms with Crippen LogP contribution in [0.25, 0.3) is 0 Å². The van der Waals surface area contributed by atoms with E-state index in [1.807, 2.05) is 12.1 Å². The lowest BCUT2D eigenvalue weighted by molar-refractivity contribution is -0.107. The largest absolute Gasteiger partial charge is 0.390 e. The monoisotopic (exact) mass is 204 g/mol. The van der Waals surface area contributed by atoms with E-state index in [2.05, 4.69) is 12.1 Å². The molecule has 0 atom stereocenters. The Bertz CT molecular complexity index is 336. The van der Waals surface area contributed by atoms with Crippen molar-refractivity contribution < 1.29 is 9.90 Å². The number of aldehydes is 1. The molecule has 0 amide bonds. The number of aryl methyl sites for hydroxylation is 1. The van der Waals surface area contributed by atoms with E-state index in [1.54, 1.807) is 0 Å². The van der Waals surface area contributed by atoms with Crippen LogP contribution in [-0.2, 0) is 17.6 Å². The van der Waals surface area contributed by atoms with Gasteiger partial charge in [0, 0.05) is 12.8 Å². The second-order valence-corrected chi connectivity index (χ2v) is 4.42. The van der Waals surface area contributed by atoms with Crippen LogP contribution < -0.4 is 0 Å².